The molecule has 5 nitrogen and oxygen atoms in total. The van der Waals surface area contributed by atoms with Crippen molar-refractivity contribution in [2.24, 2.45) is 0 Å². The Labute approximate surface area is 80.3 Å². The standard InChI is InChI=1S/C9H9N3O2/c1-2-11-12-4-3-10-9(8(1)12)14-7-5-13-6-7/h1-4,7H,5-6H2. The Morgan fingerprint density at radius 3 is 3.14 bits per heavy atom. The molecule has 0 unspecified atom stereocenters. The first-order valence-electron chi connectivity index (χ1n) is 4.46. The van der Waals surface area contributed by atoms with Crippen LogP contribution in [0.15, 0.2) is 24.7 Å². The van der Waals surface area contributed by atoms with E-state index in [4.69, 9.17) is 9.47 Å². The highest BCUT2D eigenvalue weighted by Crippen LogP contribution is 2.18. The van der Waals surface area contributed by atoms with Crippen LogP contribution in [0, 0.1) is 0 Å². The van der Waals surface area contributed by atoms with E-state index in [1.54, 1.807) is 23.1 Å². The number of hydrogen-bond acceptors (Lipinski definition) is 4. The molecule has 0 atom stereocenters. The SMILES string of the molecule is c1cn2nccc2c(OC2COC2)n1. The average molecular weight is 191 g/mol. The summed E-state index contributed by atoms with van der Waals surface area (Å²) in [6, 6.07) is 1.88. The van der Waals surface area contributed by atoms with Crippen molar-refractivity contribution in [3.63, 3.8) is 0 Å². The van der Waals surface area contributed by atoms with Gasteiger partial charge in [0.15, 0.2) is 0 Å². The molecule has 3 rings (SSSR count). The van der Waals surface area contributed by atoms with Gasteiger partial charge in [-0.3, -0.25) is 0 Å². The largest absolute Gasteiger partial charge is 0.468 e. The lowest BCUT2D eigenvalue weighted by molar-refractivity contribution is -0.0808. The normalized spacial score (nSPS) is 16.9. The van der Waals surface area contributed by atoms with Crippen molar-refractivity contribution in [2.75, 3.05) is 13.2 Å². The first-order valence-corrected chi connectivity index (χ1v) is 4.46. The molecule has 1 fully saturated rings. The molecule has 0 amide bonds. The van der Waals surface area contributed by atoms with Gasteiger partial charge in [-0.2, -0.15) is 5.10 Å². The molecule has 0 saturated carbocycles. The van der Waals surface area contributed by atoms with E-state index in [0.717, 1.165) is 5.52 Å². The monoisotopic (exact) mass is 191 g/mol. The van der Waals surface area contributed by atoms with Gasteiger partial charge in [0.2, 0.25) is 5.88 Å². The molecule has 14 heavy (non-hydrogen) atoms. The molecule has 0 spiro atoms. The fourth-order valence-corrected chi connectivity index (χ4v) is 1.36. The second-order valence-electron chi connectivity index (χ2n) is 3.17. The fourth-order valence-electron chi connectivity index (χ4n) is 1.36. The van der Waals surface area contributed by atoms with Crippen molar-refractivity contribution in [1.82, 2.24) is 14.6 Å². The van der Waals surface area contributed by atoms with Crippen LogP contribution in [0.5, 0.6) is 5.88 Å². The van der Waals surface area contributed by atoms with Crippen LogP contribution in [-0.2, 0) is 4.74 Å². The summed E-state index contributed by atoms with van der Waals surface area (Å²) in [5.74, 6) is 0.623. The first kappa shape index (κ1) is 7.75. The summed E-state index contributed by atoms with van der Waals surface area (Å²) >= 11 is 0. The van der Waals surface area contributed by atoms with E-state index in [1.807, 2.05) is 6.07 Å². The van der Waals surface area contributed by atoms with Gasteiger partial charge in [-0.15, -0.1) is 0 Å². The molecule has 0 N–H and O–H groups in total. The summed E-state index contributed by atoms with van der Waals surface area (Å²) in [6.45, 7) is 1.30. The molecule has 2 aromatic rings. The maximum absolute atomic E-state index is 5.62. The molecule has 0 radical (unpaired) electrons. The summed E-state index contributed by atoms with van der Waals surface area (Å²) in [7, 11) is 0. The molecule has 3 heterocycles. The molecule has 1 aliphatic rings. The second-order valence-corrected chi connectivity index (χ2v) is 3.17. The zero-order valence-electron chi connectivity index (χ0n) is 7.46. The lowest BCUT2D eigenvalue weighted by Crippen LogP contribution is -2.38. The van der Waals surface area contributed by atoms with Crippen LogP contribution in [0.25, 0.3) is 5.52 Å². The van der Waals surface area contributed by atoms with E-state index in [9.17, 15) is 0 Å². The molecule has 72 valence electrons. The Morgan fingerprint density at radius 1 is 1.43 bits per heavy atom. The van der Waals surface area contributed by atoms with Gasteiger partial charge in [0, 0.05) is 12.4 Å². The maximum atomic E-state index is 5.62. The number of fused-ring (bicyclic) bond motifs is 1. The Morgan fingerprint density at radius 2 is 2.36 bits per heavy atom. The average Bonchev–Trinajstić information content (AvgIpc) is 2.59. The number of nitrogens with zero attached hydrogens (tertiary/aromatic N) is 3. The van der Waals surface area contributed by atoms with Crippen LogP contribution in [0.1, 0.15) is 0 Å². The quantitative estimate of drug-likeness (QED) is 0.693. The lowest BCUT2D eigenvalue weighted by atomic mass is 10.3. The maximum Gasteiger partial charge on any atom is 0.240 e. The highest BCUT2D eigenvalue weighted by molar-refractivity contribution is 5.54. The highest BCUT2D eigenvalue weighted by Gasteiger charge is 2.21. The van der Waals surface area contributed by atoms with E-state index in [-0.39, 0.29) is 6.10 Å². The van der Waals surface area contributed by atoms with Gasteiger partial charge in [-0.1, -0.05) is 0 Å². The molecule has 0 aliphatic carbocycles. The summed E-state index contributed by atoms with van der Waals surface area (Å²) in [5.41, 5.74) is 0.888. The molecule has 5 heteroatoms. The molecule has 2 aromatic heterocycles. The van der Waals surface area contributed by atoms with E-state index < -0.39 is 0 Å². The van der Waals surface area contributed by atoms with Gasteiger partial charge in [-0.05, 0) is 6.07 Å². The van der Waals surface area contributed by atoms with E-state index in [2.05, 4.69) is 10.1 Å². The van der Waals surface area contributed by atoms with Crippen molar-refractivity contribution in [2.45, 2.75) is 6.10 Å². The van der Waals surface area contributed by atoms with Gasteiger partial charge >= 0.3 is 0 Å². The Hall–Kier alpha value is -1.62. The zero-order chi connectivity index (χ0) is 9.38. The molecule has 0 aromatic carbocycles. The van der Waals surface area contributed by atoms with Crippen molar-refractivity contribution in [3.05, 3.63) is 24.7 Å². The van der Waals surface area contributed by atoms with Crippen molar-refractivity contribution < 1.29 is 9.47 Å². The number of aromatic nitrogens is 3. The Balaban J connectivity index is 1.97. The van der Waals surface area contributed by atoms with Gasteiger partial charge in [0.1, 0.15) is 11.6 Å². The number of rotatable bonds is 2. The van der Waals surface area contributed by atoms with Crippen molar-refractivity contribution >= 4 is 5.52 Å². The molecule has 1 aliphatic heterocycles. The van der Waals surface area contributed by atoms with Crippen LogP contribution >= 0.6 is 0 Å². The summed E-state index contributed by atoms with van der Waals surface area (Å²) < 4.78 is 12.4. The van der Waals surface area contributed by atoms with Crippen LogP contribution < -0.4 is 4.74 Å². The third kappa shape index (κ3) is 1.13. The number of hydrogen-bond donors (Lipinski definition) is 0. The molecule has 1 saturated heterocycles. The van der Waals surface area contributed by atoms with Crippen molar-refractivity contribution in [1.29, 1.82) is 0 Å². The van der Waals surface area contributed by atoms with E-state index >= 15 is 0 Å². The van der Waals surface area contributed by atoms with Crippen LogP contribution in [0.4, 0.5) is 0 Å². The minimum absolute atomic E-state index is 0.142. The summed E-state index contributed by atoms with van der Waals surface area (Å²) in [6.07, 6.45) is 5.33. The van der Waals surface area contributed by atoms with Crippen LogP contribution in [0.3, 0.4) is 0 Å². The van der Waals surface area contributed by atoms with E-state index in [0.29, 0.717) is 19.1 Å². The predicted octanol–water partition coefficient (Wildman–Crippen LogP) is 0.507. The first-order chi connectivity index (χ1) is 6.93. The fraction of sp³-hybridized carbons (Fsp3) is 0.333. The third-order valence-electron chi connectivity index (χ3n) is 2.17. The molecular weight excluding hydrogens is 182 g/mol. The number of ether oxygens (including phenoxy) is 2. The lowest BCUT2D eigenvalue weighted by Gasteiger charge is -2.26. The summed E-state index contributed by atoms with van der Waals surface area (Å²) in [4.78, 5) is 4.16. The topological polar surface area (TPSA) is 48.7 Å². The Bertz CT molecular complexity index is 450. The predicted molar refractivity (Wildman–Crippen MR) is 48.2 cm³/mol. The summed E-state index contributed by atoms with van der Waals surface area (Å²) in [5, 5.41) is 4.10. The van der Waals surface area contributed by atoms with Crippen molar-refractivity contribution in [3.8, 4) is 5.88 Å². The van der Waals surface area contributed by atoms with Crippen LogP contribution in [-0.4, -0.2) is 33.9 Å². The van der Waals surface area contributed by atoms with E-state index in [1.165, 1.54) is 0 Å². The van der Waals surface area contributed by atoms with Gasteiger partial charge in [-0.25, -0.2) is 9.50 Å². The second kappa shape index (κ2) is 2.95. The highest BCUT2D eigenvalue weighted by atomic mass is 16.6. The Kier molecular flexibility index (Phi) is 1.63. The van der Waals surface area contributed by atoms with Crippen LogP contribution in [0.2, 0.25) is 0 Å². The minimum Gasteiger partial charge on any atom is -0.468 e. The van der Waals surface area contributed by atoms with Gasteiger partial charge in [0.25, 0.3) is 0 Å². The third-order valence-corrected chi connectivity index (χ3v) is 2.17. The van der Waals surface area contributed by atoms with Gasteiger partial charge < -0.3 is 9.47 Å². The molecular formula is C9H9N3O2. The smallest absolute Gasteiger partial charge is 0.240 e. The molecule has 0 bridgehead atoms. The van der Waals surface area contributed by atoms with Gasteiger partial charge in [0.05, 0.1) is 19.4 Å². The minimum atomic E-state index is 0.142. The zero-order valence-corrected chi connectivity index (χ0v) is 7.46.